The number of carbonyl (C=O) groups is 5. The Morgan fingerprint density at radius 3 is 1.95 bits per heavy atom. The average Bonchev–Trinajstić information content (AvgIpc) is 3.03. The van der Waals surface area contributed by atoms with E-state index >= 15 is 0 Å². The normalized spacial score (nSPS) is 9.86. The molecule has 238 valence electrons. The minimum Gasteiger partial charge on any atom is -0.497 e. The monoisotopic (exact) mass is 607 g/mol. The summed E-state index contributed by atoms with van der Waals surface area (Å²) < 4.78 is 4.98. The van der Waals surface area contributed by atoms with Gasteiger partial charge in [0.2, 0.25) is 18.2 Å². The van der Waals surface area contributed by atoms with Crippen LogP contribution in [0.5, 0.6) is 5.75 Å². The van der Waals surface area contributed by atoms with Crippen LogP contribution in [0, 0.1) is 6.92 Å². The molecule has 0 fully saturated rings. The van der Waals surface area contributed by atoms with Crippen molar-refractivity contribution >= 4 is 29.9 Å². The molecule has 0 saturated heterocycles. The van der Waals surface area contributed by atoms with Crippen LogP contribution in [-0.2, 0) is 25.7 Å². The average molecular weight is 608 g/mol. The first-order valence-corrected chi connectivity index (χ1v) is 14.1. The molecule has 0 aliphatic carbocycles. The Morgan fingerprint density at radius 1 is 0.886 bits per heavy atom. The first kappa shape index (κ1) is 38.9. The summed E-state index contributed by atoms with van der Waals surface area (Å²) in [5, 5.41) is 9.81. The second-order valence-corrected chi connectivity index (χ2v) is 9.34. The van der Waals surface area contributed by atoms with Gasteiger partial charge < -0.3 is 26.0 Å². The highest BCUT2D eigenvalue weighted by Gasteiger charge is 2.16. The summed E-state index contributed by atoms with van der Waals surface area (Å²) in [5.41, 5.74) is 2.76. The molecule has 11 heteroatoms. The summed E-state index contributed by atoms with van der Waals surface area (Å²) in [5.74, 6) is -0.746. The molecule has 0 aliphatic rings. The second-order valence-electron chi connectivity index (χ2n) is 9.34. The molecule has 11 nitrogen and oxygen atoms in total. The summed E-state index contributed by atoms with van der Waals surface area (Å²) in [4.78, 5) is 59.4. The number of hydrogen-bond acceptors (Lipinski definition) is 7. The lowest BCUT2D eigenvalue weighted by atomic mass is 10.2. The van der Waals surface area contributed by atoms with E-state index in [0.717, 1.165) is 11.3 Å². The maximum absolute atomic E-state index is 11.7. The van der Waals surface area contributed by atoms with Gasteiger partial charge in [-0.1, -0.05) is 68.3 Å². The van der Waals surface area contributed by atoms with Gasteiger partial charge in [0.25, 0.3) is 5.91 Å². The lowest BCUT2D eigenvalue weighted by Crippen LogP contribution is -2.48. The third kappa shape index (κ3) is 19.9. The van der Waals surface area contributed by atoms with Gasteiger partial charge in [0.1, 0.15) is 17.6 Å². The minimum absolute atomic E-state index is 0.0855. The van der Waals surface area contributed by atoms with Gasteiger partial charge >= 0.3 is 0 Å². The number of benzene rings is 2. The standard InChI is InChI=1S/C14H18N4O4.C9H11NO2.C7H8.C3H8/c1-9(19)7-16-13(21)10(2)18-12(20)8-17-14(22)11-3-5-15-6-4-11;1-12-9-4-2-8(3-5-9)6-10-7-11;1-7-5-3-2-4-6-7;1-3-2/h3-6,10H,7-8H2,1-2H3,(H,16,21)(H,17,22)(H,18,20);2-5,7H,6H2,1H3,(H,10,11);2-6H,1H3;3H2,1-2H3. The number of ether oxygens (including phenoxy) is 1. The number of Topliss-reactive ketones (excluding diaryl/α,β-unsaturated/α-hetero) is 1. The SMILES string of the molecule is CC(=O)CNC(=O)C(C)NC(=O)CNC(=O)c1ccncc1.CCC.COc1ccc(CNC=O)cc1.Cc1ccccc1. The number of carbonyl (C=O) groups excluding carboxylic acids is 5. The van der Waals surface area contributed by atoms with Crippen LogP contribution in [0.2, 0.25) is 0 Å². The van der Waals surface area contributed by atoms with E-state index in [0.29, 0.717) is 18.5 Å². The van der Waals surface area contributed by atoms with Crippen molar-refractivity contribution in [3.63, 3.8) is 0 Å². The number of methoxy groups -OCH3 is 1. The van der Waals surface area contributed by atoms with Crippen LogP contribution in [0.4, 0.5) is 0 Å². The molecule has 44 heavy (non-hydrogen) atoms. The van der Waals surface area contributed by atoms with Crippen molar-refractivity contribution < 1.29 is 28.7 Å². The summed E-state index contributed by atoms with van der Waals surface area (Å²) in [7, 11) is 1.62. The smallest absolute Gasteiger partial charge is 0.251 e. The highest BCUT2D eigenvalue weighted by atomic mass is 16.5. The highest BCUT2D eigenvalue weighted by Crippen LogP contribution is 2.10. The van der Waals surface area contributed by atoms with E-state index in [2.05, 4.69) is 59.2 Å². The minimum atomic E-state index is -0.801. The van der Waals surface area contributed by atoms with Crippen molar-refractivity contribution in [2.24, 2.45) is 0 Å². The maximum atomic E-state index is 11.7. The number of rotatable bonds is 11. The molecule has 3 rings (SSSR count). The zero-order valence-electron chi connectivity index (χ0n) is 26.4. The molecule has 1 heterocycles. The third-order valence-electron chi connectivity index (χ3n) is 5.12. The Balaban J connectivity index is 0.000000694. The first-order chi connectivity index (χ1) is 21.1. The summed E-state index contributed by atoms with van der Waals surface area (Å²) in [6.07, 6.45) is 4.87. The number of aromatic nitrogens is 1. The first-order valence-electron chi connectivity index (χ1n) is 14.1. The van der Waals surface area contributed by atoms with E-state index in [1.54, 1.807) is 7.11 Å². The van der Waals surface area contributed by atoms with Crippen molar-refractivity contribution in [1.29, 1.82) is 0 Å². The summed E-state index contributed by atoms with van der Waals surface area (Å²) in [6, 6.07) is 20.0. The quantitative estimate of drug-likeness (QED) is 0.244. The summed E-state index contributed by atoms with van der Waals surface area (Å²) >= 11 is 0. The number of hydrogen-bond donors (Lipinski definition) is 4. The van der Waals surface area contributed by atoms with Gasteiger partial charge in [-0.05, 0) is 50.6 Å². The van der Waals surface area contributed by atoms with Gasteiger partial charge in [0, 0.05) is 24.5 Å². The molecule has 1 atom stereocenters. The molecule has 2 aromatic carbocycles. The van der Waals surface area contributed by atoms with Crippen molar-refractivity contribution in [3.05, 3.63) is 95.8 Å². The van der Waals surface area contributed by atoms with Crippen molar-refractivity contribution in [3.8, 4) is 5.75 Å². The van der Waals surface area contributed by atoms with Crippen LogP contribution < -0.4 is 26.0 Å². The zero-order chi connectivity index (χ0) is 33.2. The zero-order valence-corrected chi connectivity index (χ0v) is 26.4. The van der Waals surface area contributed by atoms with Crippen molar-refractivity contribution in [2.45, 2.75) is 53.6 Å². The largest absolute Gasteiger partial charge is 0.497 e. The number of pyridine rings is 1. The number of amides is 4. The molecule has 0 radical (unpaired) electrons. The van der Waals surface area contributed by atoms with E-state index in [1.807, 2.05) is 42.5 Å². The second kappa shape index (κ2) is 24.5. The Kier molecular flexibility index (Phi) is 21.7. The molecule has 0 bridgehead atoms. The lowest BCUT2D eigenvalue weighted by molar-refractivity contribution is -0.129. The molecule has 4 N–H and O–H groups in total. The molecule has 1 aromatic heterocycles. The molecule has 0 spiro atoms. The van der Waals surface area contributed by atoms with Crippen molar-refractivity contribution in [2.75, 3.05) is 20.2 Å². The number of nitrogens with zero attached hydrogens (tertiary/aromatic N) is 1. The molecule has 0 aliphatic heterocycles. The maximum Gasteiger partial charge on any atom is 0.251 e. The van der Waals surface area contributed by atoms with E-state index in [4.69, 9.17) is 4.74 Å². The Labute approximate surface area is 260 Å². The van der Waals surface area contributed by atoms with Crippen LogP contribution in [0.1, 0.15) is 55.6 Å². The highest BCUT2D eigenvalue weighted by molar-refractivity contribution is 5.97. The number of ketones is 1. The summed E-state index contributed by atoms with van der Waals surface area (Å²) in [6.45, 7) is 9.38. The lowest BCUT2D eigenvalue weighted by Gasteiger charge is -2.13. The Morgan fingerprint density at radius 2 is 1.48 bits per heavy atom. The van der Waals surface area contributed by atoms with E-state index < -0.39 is 23.8 Å². The topological polar surface area (TPSA) is 156 Å². The molecule has 4 amide bonds. The molecular weight excluding hydrogens is 562 g/mol. The van der Waals surface area contributed by atoms with Crippen LogP contribution in [0.15, 0.2) is 79.1 Å². The predicted molar refractivity (Wildman–Crippen MR) is 171 cm³/mol. The van der Waals surface area contributed by atoms with Crippen LogP contribution in [0.3, 0.4) is 0 Å². The number of nitrogens with one attached hydrogen (secondary N) is 4. The molecule has 0 saturated carbocycles. The fourth-order valence-electron chi connectivity index (χ4n) is 2.93. The van der Waals surface area contributed by atoms with Gasteiger partial charge in [-0.15, -0.1) is 0 Å². The van der Waals surface area contributed by atoms with E-state index in [9.17, 15) is 24.0 Å². The van der Waals surface area contributed by atoms with Crippen molar-refractivity contribution in [1.82, 2.24) is 26.3 Å². The van der Waals surface area contributed by atoms with Gasteiger partial charge in [0.15, 0.2) is 0 Å². The fraction of sp³-hybridized carbons (Fsp3) is 0.333. The van der Waals surface area contributed by atoms with Crippen LogP contribution in [-0.4, -0.2) is 61.1 Å². The Hall–Kier alpha value is -5.06. The van der Waals surface area contributed by atoms with E-state index in [-0.39, 0.29) is 18.9 Å². The molecule has 1 unspecified atom stereocenters. The van der Waals surface area contributed by atoms with Crippen LogP contribution >= 0.6 is 0 Å². The molecule has 3 aromatic rings. The van der Waals surface area contributed by atoms with E-state index in [1.165, 1.54) is 50.4 Å². The van der Waals surface area contributed by atoms with Gasteiger partial charge in [-0.3, -0.25) is 29.0 Å². The third-order valence-corrected chi connectivity index (χ3v) is 5.12. The van der Waals surface area contributed by atoms with Gasteiger partial charge in [-0.2, -0.15) is 0 Å². The predicted octanol–water partition coefficient (Wildman–Crippen LogP) is 3.37. The molecular formula is C33H45N5O6. The van der Waals surface area contributed by atoms with Crippen LogP contribution in [0.25, 0.3) is 0 Å². The Bertz CT molecular complexity index is 1240. The van der Waals surface area contributed by atoms with Gasteiger partial charge in [0.05, 0.1) is 20.2 Å². The fourth-order valence-corrected chi connectivity index (χ4v) is 2.93. The van der Waals surface area contributed by atoms with Gasteiger partial charge in [-0.25, -0.2) is 0 Å². The number of aryl methyl sites for hydroxylation is 1.